The number of fused-ring (bicyclic) bond motifs is 2. The first-order valence-electron chi connectivity index (χ1n) is 9.62. The van der Waals surface area contributed by atoms with E-state index >= 15 is 0 Å². The van der Waals surface area contributed by atoms with Crippen LogP contribution >= 0.6 is 11.3 Å². The van der Waals surface area contributed by atoms with E-state index in [0.717, 1.165) is 64.1 Å². The van der Waals surface area contributed by atoms with Crippen molar-refractivity contribution in [2.24, 2.45) is 0 Å². The summed E-state index contributed by atoms with van der Waals surface area (Å²) in [4.78, 5) is 12.7. The maximum atomic E-state index is 4.61. The molecule has 3 N–H and O–H groups in total. The van der Waals surface area contributed by atoms with E-state index in [1.165, 1.54) is 11.1 Å². The highest BCUT2D eigenvalue weighted by molar-refractivity contribution is 7.08. The Bertz CT molecular complexity index is 1360. The molecule has 0 radical (unpaired) electrons. The third-order valence-corrected chi connectivity index (χ3v) is 6.13. The number of pyridine rings is 2. The normalized spacial score (nSPS) is 14.6. The Hall–Kier alpha value is -3.29. The molecular formula is C22H18N6S. The Labute approximate surface area is 170 Å². The minimum Gasteiger partial charge on any atom is -0.353 e. The van der Waals surface area contributed by atoms with E-state index in [9.17, 15) is 0 Å². The minimum absolute atomic E-state index is 0.799. The number of hydrogen-bond donors (Lipinski definition) is 3. The van der Waals surface area contributed by atoms with E-state index in [4.69, 9.17) is 0 Å². The number of thiophene rings is 1. The zero-order valence-electron chi connectivity index (χ0n) is 15.6. The fraction of sp³-hybridized carbons (Fsp3) is 0.136. The first-order valence-corrected chi connectivity index (χ1v) is 10.6. The topological polar surface area (TPSA) is 82.3 Å². The number of H-pyrrole nitrogens is 2. The van der Waals surface area contributed by atoms with Crippen LogP contribution in [0.4, 0.5) is 0 Å². The zero-order chi connectivity index (χ0) is 19.2. The summed E-state index contributed by atoms with van der Waals surface area (Å²) in [6.45, 7) is 1.91. The Kier molecular flexibility index (Phi) is 3.82. The number of aromatic amines is 2. The van der Waals surface area contributed by atoms with E-state index < -0.39 is 0 Å². The third kappa shape index (κ3) is 2.78. The first-order chi connectivity index (χ1) is 14.4. The second-order valence-electron chi connectivity index (χ2n) is 7.19. The van der Waals surface area contributed by atoms with Gasteiger partial charge in [0.2, 0.25) is 0 Å². The maximum absolute atomic E-state index is 4.61. The van der Waals surface area contributed by atoms with Crippen LogP contribution in [0, 0.1) is 0 Å². The second-order valence-corrected chi connectivity index (χ2v) is 7.97. The zero-order valence-corrected chi connectivity index (χ0v) is 16.4. The van der Waals surface area contributed by atoms with Crippen LogP contribution in [0.5, 0.6) is 0 Å². The van der Waals surface area contributed by atoms with Gasteiger partial charge in [-0.15, -0.1) is 0 Å². The van der Waals surface area contributed by atoms with Crippen LogP contribution in [-0.2, 0) is 0 Å². The number of rotatable bonds is 3. The van der Waals surface area contributed by atoms with Crippen LogP contribution in [-0.4, -0.2) is 38.2 Å². The molecule has 0 aromatic carbocycles. The molecule has 6 nitrogen and oxygen atoms in total. The lowest BCUT2D eigenvalue weighted by atomic mass is 10.0. The first kappa shape index (κ1) is 16.6. The fourth-order valence-corrected chi connectivity index (χ4v) is 4.62. The van der Waals surface area contributed by atoms with Crippen molar-refractivity contribution in [3.8, 4) is 22.6 Å². The molecule has 5 aromatic rings. The van der Waals surface area contributed by atoms with Crippen molar-refractivity contribution >= 4 is 38.8 Å². The highest BCUT2D eigenvalue weighted by Crippen LogP contribution is 2.34. The number of nitrogens with one attached hydrogen (secondary N) is 3. The predicted octanol–water partition coefficient (Wildman–Crippen LogP) is 4.61. The van der Waals surface area contributed by atoms with Crippen LogP contribution in [0.3, 0.4) is 0 Å². The highest BCUT2D eigenvalue weighted by atomic mass is 32.1. The SMILES string of the molecule is C1=C(c2cnc3[nH]nc(-c4cc5c(-c6ccsc6)nccc5[nH]4)c3c2)CCNC1. The van der Waals surface area contributed by atoms with Gasteiger partial charge in [-0.25, -0.2) is 4.98 Å². The minimum atomic E-state index is 0.799. The Morgan fingerprint density at radius 3 is 2.86 bits per heavy atom. The number of aromatic nitrogens is 5. The third-order valence-electron chi connectivity index (χ3n) is 5.45. The van der Waals surface area contributed by atoms with Crippen LogP contribution in [0.1, 0.15) is 12.0 Å². The number of hydrogen-bond acceptors (Lipinski definition) is 5. The van der Waals surface area contributed by atoms with Gasteiger partial charge in [-0.05, 0) is 53.7 Å². The lowest BCUT2D eigenvalue weighted by molar-refractivity contribution is 0.738. The smallest absolute Gasteiger partial charge is 0.155 e. The Morgan fingerprint density at radius 1 is 1.00 bits per heavy atom. The van der Waals surface area contributed by atoms with Crippen molar-refractivity contribution in [2.45, 2.75) is 6.42 Å². The Balaban J connectivity index is 1.50. The summed E-state index contributed by atoms with van der Waals surface area (Å²) in [6, 6.07) is 8.45. The lowest BCUT2D eigenvalue weighted by Crippen LogP contribution is -2.20. The van der Waals surface area contributed by atoms with E-state index in [1.54, 1.807) is 11.3 Å². The molecule has 0 aliphatic carbocycles. The summed E-state index contributed by atoms with van der Waals surface area (Å²) in [7, 11) is 0. The van der Waals surface area contributed by atoms with E-state index in [2.05, 4.69) is 65.5 Å². The van der Waals surface area contributed by atoms with Gasteiger partial charge >= 0.3 is 0 Å². The molecule has 5 aromatic heterocycles. The molecule has 0 unspecified atom stereocenters. The molecule has 0 saturated heterocycles. The van der Waals surface area contributed by atoms with Crippen LogP contribution in [0.25, 0.3) is 50.2 Å². The largest absolute Gasteiger partial charge is 0.353 e. The molecule has 7 heteroatoms. The van der Waals surface area contributed by atoms with Gasteiger partial charge in [-0.3, -0.25) is 10.1 Å². The van der Waals surface area contributed by atoms with E-state index in [0.29, 0.717) is 0 Å². The van der Waals surface area contributed by atoms with Gasteiger partial charge < -0.3 is 10.3 Å². The van der Waals surface area contributed by atoms with E-state index in [-0.39, 0.29) is 0 Å². The molecule has 0 spiro atoms. The predicted molar refractivity (Wildman–Crippen MR) is 118 cm³/mol. The van der Waals surface area contributed by atoms with Crippen molar-refractivity contribution in [3.05, 3.63) is 59.1 Å². The average molecular weight is 398 g/mol. The fourth-order valence-electron chi connectivity index (χ4n) is 3.98. The molecule has 0 saturated carbocycles. The van der Waals surface area contributed by atoms with Crippen LogP contribution < -0.4 is 5.32 Å². The molecule has 142 valence electrons. The molecule has 0 fully saturated rings. The molecule has 1 aliphatic rings. The van der Waals surface area contributed by atoms with Crippen molar-refractivity contribution in [2.75, 3.05) is 13.1 Å². The lowest BCUT2D eigenvalue weighted by Gasteiger charge is -2.13. The van der Waals surface area contributed by atoms with Gasteiger partial charge in [-0.1, -0.05) is 6.08 Å². The van der Waals surface area contributed by atoms with Gasteiger partial charge in [0.15, 0.2) is 5.65 Å². The molecule has 0 amide bonds. The Morgan fingerprint density at radius 2 is 2.00 bits per heavy atom. The summed E-state index contributed by atoms with van der Waals surface area (Å²) in [6.07, 6.45) is 7.04. The summed E-state index contributed by atoms with van der Waals surface area (Å²) in [5.41, 5.74) is 8.34. The molecule has 0 atom stereocenters. The number of nitrogens with zero attached hydrogens (tertiary/aromatic N) is 3. The molecule has 0 bridgehead atoms. The van der Waals surface area contributed by atoms with Crippen LogP contribution in [0.2, 0.25) is 0 Å². The maximum Gasteiger partial charge on any atom is 0.155 e. The van der Waals surface area contributed by atoms with Gasteiger partial charge in [0.25, 0.3) is 0 Å². The monoisotopic (exact) mass is 398 g/mol. The van der Waals surface area contributed by atoms with Gasteiger partial charge in [0.1, 0.15) is 5.69 Å². The second kappa shape index (κ2) is 6.65. The van der Waals surface area contributed by atoms with Crippen LogP contribution in [0.15, 0.2) is 53.5 Å². The molecular weight excluding hydrogens is 380 g/mol. The molecule has 1 aliphatic heterocycles. The van der Waals surface area contributed by atoms with Crippen molar-refractivity contribution < 1.29 is 0 Å². The summed E-state index contributed by atoms with van der Waals surface area (Å²) in [5.74, 6) is 0. The molecule has 29 heavy (non-hydrogen) atoms. The van der Waals surface area contributed by atoms with E-state index in [1.807, 2.05) is 18.5 Å². The van der Waals surface area contributed by atoms with Crippen molar-refractivity contribution in [1.29, 1.82) is 0 Å². The van der Waals surface area contributed by atoms with Gasteiger partial charge in [0.05, 0.1) is 11.4 Å². The van der Waals surface area contributed by atoms with Gasteiger partial charge in [0, 0.05) is 46.2 Å². The average Bonchev–Trinajstić information content (AvgIpc) is 3.52. The standard InChI is InChI=1S/C22H18N6S/c1-5-23-6-2-13(1)15-9-17-21(27-28-22(17)25-11-15)19-10-16-18(26-19)3-7-24-20(16)14-4-8-29-12-14/h1,3-4,7-12,23,26H,2,5-6H2,(H,25,27,28). The van der Waals surface area contributed by atoms with Gasteiger partial charge in [-0.2, -0.15) is 16.4 Å². The quantitative estimate of drug-likeness (QED) is 0.415. The highest BCUT2D eigenvalue weighted by Gasteiger charge is 2.16. The van der Waals surface area contributed by atoms with Crippen molar-refractivity contribution in [3.63, 3.8) is 0 Å². The molecule has 6 heterocycles. The summed E-state index contributed by atoms with van der Waals surface area (Å²) < 4.78 is 0. The van der Waals surface area contributed by atoms with Crippen molar-refractivity contribution in [1.82, 2.24) is 30.5 Å². The summed E-state index contributed by atoms with van der Waals surface area (Å²) in [5, 5.41) is 17.3. The molecule has 6 rings (SSSR count). The summed E-state index contributed by atoms with van der Waals surface area (Å²) >= 11 is 1.68.